The number of rotatable bonds is 4. The maximum Gasteiger partial charge on any atom is 0.295 e. The molecule has 2 heterocycles. The van der Waals surface area contributed by atoms with Gasteiger partial charge in [-0.25, -0.2) is 9.69 Å². The smallest absolute Gasteiger partial charge is 0.295 e. The topological polar surface area (TPSA) is 88.7 Å². The first-order valence-electron chi connectivity index (χ1n) is 10.4. The molecule has 0 aliphatic carbocycles. The fourth-order valence-corrected chi connectivity index (χ4v) is 3.75. The van der Waals surface area contributed by atoms with Gasteiger partial charge in [-0.05, 0) is 50.1 Å². The van der Waals surface area contributed by atoms with Crippen molar-refractivity contribution in [3.05, 3.63) is 75.7 Å². The number of hydrogen-bond donors (Lipinski definition) is 1. The molecule has 164 valence electrons. The van der Waals surface area contributed by atoms with Crippen LogP contribution >= 0.6 is 0 Å². The lowest BCUT2D eigenvalue weighted by Crippen LogP contribution is -2.37. The Morgan fingerprint density at radius 3 is 2.44 bits per heavy atom. The minimum atomic E-state index is -0.487. The number of carbonyl (C=O) groups excluding carboxylic acids is 2. The second kappa shape index (κ2) is 8.30. The van der Waals surface area contributed by atoms with E-state index in [1.165, 1.54) is 9.69 Å². The molecule has 1 aliphatic heterocycles. The van der Waals surface area contributed by atoms with Crippen LogP contribution in [0.3, 0.4) is 0 Å². The molecule has 8 nitrogen and oxygen atoms in total. The summed E-state index contributed by atoms with van der Waals surface area (Å²) in [7, 11) is 1.76. The van der Waals surface area contributed by atoms with E-state index in [2.05, 4.69) is 10.4 Å². The lowest BCUT2D eigenvalue weighted by atomic mass is 10.1. The quantitative estimate of drug-likeness (QED) is 0.688. The molecule has 0 unspecified atom stereocenters. The Kier molecular flexibility index (Phi) is 5.52. The summed E-state index contributed by atoms with van der Waals surface area (Å²) in [5, 5.41) is 8.37. The first-order valence-corrected chi connectivity index (χ1v) is 10.4. The molecule has 3 aromatic rings. The van der Waals surface area contributed by atoms with Crippen LogP contribution in [0.1, 0.15) is 29.7 Å². The summed E-state index contributed by atoms with van der Waals surface area (Å²) in [5.74, 6) is -0.656. The minimum absolute atomic E-state index is 0.168. The first kappa shape index (κ1) is 21.3. The van der Waals surface area contributed by atoms with Gasteiger partial charge in [-0.3, -0.25) is 19.1 Å². The van der Waals surface area contributed by atoms with E-state index < -0.39 is 5.91 Å². The standard InChI is InChI=1S/C24H25N5O3/c1-15-10-11-16(2)20(14-15)28-21(30)13-12-19(26-28)23(31)25-22-17(3)27(4)29(24(22)32)18-8-6-5-7-9-18/h5-11,14H,12-13H2,1-4H3,(H,25,31). The average molecular weight is 431 g/mol. The van der Waals surface area contributed by atoms with Crippen LogP contribution in [-0.4, -0.2) is 26.9 Å². The Morgan fingerprint density at radius 1 is 1.00 bits per heavy atom. The molecule has 0 fully saturated rings. The molecular weight excluding hydrogens is 406 g/mol. The lowest BCUT2D eigenvalue weighted by molar-refractivity contribution is -0.118. The zero-order valence-electron chi connectivity index (χ0n) is 18.5. The summed E-state index contributed by atoms with van der Waals surface area (Å²) in [6.45, 7) is 5.60. The van der Waals surface area contributed by atoms with Gasteiger partial charge in [0.25, 0.3) is 11.5 Å². The van der Waals surface area contributed by atoms with E-state index in [0.29, 0.717) is 17.1 Å². The fourth-order valence-electron chi connectivity index (χ4n) is 3.75. The van der Waals surface area contributed by atoms with Crippen LogP contribution in [0.5, 0.6) is 0 Å². The van der Waals surface area contributed by atoms with Gasteiger partial charge in [-0.15, -0.1) is 0 Å². The van der Waals surface area contributed by atoms with E-state index in [0.717, 1.165) is 11.1 Å². The van der Waals surface area contributed by atoms with Crippen molar-refractivity contribution in [1.29, 1.82) is 0 Å². The highest BCUT2D eigenvalue weighted by atomic mass is 16.2. The van der Waals surface area contributed by atoms with E-state index in [1.807, 2.05) is 62.4 Å². The number of benzene rings is 2. The molecule has 0 atom stereocenters. The predicted octanol–water partition coefficient (Wildman–Crippen LogP) is 3.22. The van der Waals surface area contributed by atoms with Gasteiger partial charge in [0.05, 0.1) is 17.1 Å². The van der Waals surface area contributed by atoms with Gasteiger partial charge in [0.15, 0.2) is 0 Å². The summed E-state index contributed by atoms with van der Waals surface area (Å²) < 4.78 is 3.20. The number of carbonyl (C=O) groups is 2. The van der Waals surface area contributed by atoms with Crippen molar-refractivity contribution in [3.63, 3.8) is 0 Å². The van der Waals surface area contributed by atoms with Crippen LogP contribution in [0.2, 0.25) is 0 Å². The Balaban J connectivity index is 1.67. The Labute approximate surface area is 185 Å². The lowest BCUT2D eigenvalue weighted by Gasteiger charge is -2.24. The van der Waals surface area contributed by atoms with Crippen molar-refractivity contribution in [2.75, 3.05) is 10.3 Å². The number of nitrogens with one attached hydrogen (secondary N) is 1. The molecule has 2 aromatic carbocycles. The van der Waals surface area contributed by atoms with Gasteiger partial charge in [-0.2, -0.15) is 5.10 Å². The molecule has 4 rings (SSSR count). The summed E-state index contributed by atoms with van der Waals surface area (Å²) in [4.78, 5) is 38.6. The molecule has 0 saturated heterocycles. The van der Waals surface area contributed by atoms with Gasteiger partial charge in [0.2, 0.25) is 5.91 Å². The monoisotopic (exact) mass is 431 g/mol. The zero-order chi connectivity index (χ0) is 23.0. The van der Waals surface area contributed by atoms with E-state index >= 15 is 0 Å². The van der Waals surface area contributed by atoms with E-state index in [-0.39, 0.29) is 35.7 Å². The van der Waals surface area contributed by atoms with Gasteiger partial charge in [0, 0.05) is 19.9 Å². The van der Waals surface area contributed by atoms with E-state index in [1.54, 1.807) is 18.7 Å². The van der Waals surface area contributed by atoms with Crippen molar-refractivity contribution >= 4 is 28.9 Å². The molecule has 2 amide bonds. The summed E-state index contributed by atoms with van der Waals surface area (Å²) in [6, 6.07) is 15.0. The summed E-state index contributed by atoms with van der Waals surface area (Å²) in [6.07, 6.45) is 0.381. The minimum Gasteiger partial charge on any atom is -0.315 e. The highest BCUT2D eigenvalue weighted by Crippen LogP contribution is 2.25. The third-order valence-electron chi connectivity index (χ3n) is 5.68. The van der Waals surface area contributed by atoms with Crippen LogP contribution < -0.4 is 15.9 Å². The van der Waals surface area contributed by atoms with Crippen molar-refractivity contribution in [2.24, 2.45) is 12.1 Å². The largest absolute Gasteiger partial charge is 0.315 e. The number of aryl methyl sites for hydroxylation is 2. The van der Waals surface area contributed by atoms with Crippen LogP contribution in [0.4, 0.5) is 11.4 Å². The Bertz CT molecular complexity index is 1300. The number of nitrogens with zero attached hydrogens (tertiary/aromatic N) is 4. The number of amides is 2. The van der Waals surface area contributed by atoms with Gasteiger partial charge >= 0.3 is 0 Å². The molecule has 1 N–H and O–H groups in total. The van der Waals surface area contributed by atoms with Gasteiger partial charge in [0.1, 0.15) is 11.4 Å². The Hall–Kier alpha value is -3.94. The number of anilines is 2. The summed E-state index contributed by atoms with van der Waals surface area (Å²) in [5.41, 5.74) is 3.92. The fraction of sp³-hybridized carbons (Fsp3) is 0.250. The Morgan fingerprint density at radius 2 is 1.72 bits per heavy atom. The molecule has 0 spiro atoms. The van der Waals surface area contributed by atoms with Crippen molar-refractivity contribution in [3.8, 4) is 5.69 Å². The molecule has 0 radical (unpaired) electrons. The first-order chi connectivity index (χ1) is 15.3. The number of hydrogen-bond acceptors (Lipinski definition) is 4. The molecule has 0 saturated carbocycles. The maximum atomic E-state index is 13.1. The van der Waals surface area contributed by atoms with Gasteiger partial charge < -0.3 is 5.32 Å². The molecule has 1 aliphatic rings. The predicted molar refractivity (Wildman–Crippen MR) is 124 cm³/mol. The SMILES string of the molecule is Cc1ccc(C)c(N2N=C(C(=O)Nc3c(C)n(C)n(-c4ccccc4)c3=O)CCC2=O)c1. The molecule has 8 heteroatoms. The van der Waals surface area contributed by atoms with E-state index in [4.69, 9.17) is 0 Å². The highest BCUT2D eigenvalue weighted by molar-refractivity contribution is 6.44. The maximum absolute atomic E-state index is 13.1. The van der Waals surface area contributed by atoms with Crippen LogP contribution in [0.25, 0.3) is 5.69 Å². The molecule has 32 heavy (non-hydrogen) atoms. The number of aromatic nitrogens is 2. The average Bonchev–Trinajstić information content (AvgIpc) is 2.99. The van der Waals surface area contributed by atoms with Crippen molar-refractivity contribution < 1.29 is 9.59 Å². The molecule has 0 bridgehead atoms. The third kappa shape index (κ3) is 3.75. The van der Waals surface area contributed by atoms with Crippen LogP contribution in [0.15, 0.2) is 58.4 Å². The number of hydrazone groups is 1. The number of para-hydroxylation sites is 1. The third-order valence-corrected chi connectivity index (χ3v) is 5.68. The molecular formula is C24H25N5O3. The second-order valence-corrected chi connectivity index (χ2v) is 7.93. The van der Waals surface area contributed by atoms with Gasteiger partial charge in [-0.1, -0.05) is 30.3 Å². The van der Waals surface area contributed by atoms with Crippen molar-refractivity contribution in [2.45, 2.75) is 33.6 Å². The van der Waals surface area contributed by atoms with Crippen LogP contribution in [-0.2, 0) is 16.6 Å². The summed E-state index contributed by atoms with van der Waals surface area (Å²) >= 11 is 0. The highest BCUT2D eigenvalue weighted by Gasteiger charge is 2.28. The van der Waals surface area contributed by atoms with E-state index in [9.17, 15) is 14.4 Å². The second-order valence-electron chi connectivity index (χ2n) is 7.93. The molecule has 1 aromatic heterocycles. The van der Waals surface area contributed by atoms with Crippen molar-refractivity contribution in [1.82, 2.24) is 9.36 Å². The normalized spacial score (nSPS) is 13.8. The van der Waals surface area contributed by atoms with Crippen LogP contribution in [0, 0.1) is 20.8 Å². The zero-order valence-corrected chi connectivity index (χ0v) is 18.5.